The molecule has 124 valence electrons. The Hall–Kier alpha value is -1.51. The molecule has 0 heterocycles. The zero-order valence-electron chi connectivity index (χ0n) is 12.3. The highest BCUT2D eigenvalue weighted by molar-refractivity contribution is 5.79. The van der Waals surface area contributed by atoms with Crippen molar-refractivity contribution in [1.29, 1.82) is 0 Å². The molecule has 0 aromatic rings. The van der Waals surface area contributed by atoms with Crippen LogP contribution in [0.1, 0.15) is 34.1 Å². The van der Waals surface area contributed by atoms with Gasteiger partial charge < -0.3 is 20.8 Å². The normalized spacial score (nSPS) is 16.8. The molecule has 0 saturated heterocycles. The van der Waals surface area contributed by atoms with Crippen LogP contribution in [0.25, 0.3) is 0 Å². The molecule has 0 aromatic carbocycles. The van der Waals surface area contributed by atoms with Crippen LogP contribution in [0.2, 0.25) is 0 Å². The summed E-state index contributed by atoms with van der Waals surface area (Å²) >= 11 is 0. The third-order valence-corrected chi connectivity index (χ3v) is 2.57. The first-order valence-electron chi connectivity index (χ1n) is 6.22. The summed E-state index contributed by atoms with van der Waals surface area (Å²) in [6, 6.07) is -3.25. The minimum absolute atomic E-state index is 0.334. The number of carboxylic acids is 1. The Bertz CT molecular complexity index is 389. The number of amides is 2. The van der Waals surface area contributed by atoms with Crippen molar-refractivity contribution < 1.29 is 33.0 Å². The van der Waals surface area contributed by atoms with Crippen molar-refractivity contribution >= 4 is 12.0 Å². The molecule has 2 amide bonds. The van der Waals surface area contributed by atoms with E-state index in [0.717, 1.165) is 6.92 Å². The maximum absolute atomic E-state index is 12.8. The summed E-state index contributed by atoms with van der Waals surface area (Å²) in [5.41, 5.74) is -2.92. The molecule has 9 heteroatoms. The second kappa shape index (κ2) is 6.50. The monoisotopic (exact) mass is 314 g/mol. The molecule has 2 unspecified atom stereocenters. The second-order valence-electron chi connectivity index (χ2n) is 6.27. The van der Waals surface area contributed by atoms with Gasteiger partial charge in [-0.1, -0.05) is 20.8 Å². The SMILES string of the molecule is CC(C)(C)CC(NC(=O)NCC(C)(O)C(=O)O)C(F)(F)F. The summed E-state index contributed by atoms with van der Waals surface area (Å²) in [6.07, 6.45) is -4.96. The van der Waals surface area contributed by atoms with Crippen LogP contribution < -0.4 is 10.6 Å². The number of hydrogen-bond acceptors (Lipinski definition) is 3. The van der Waals surface area contributed by atoms with E-state index in [1.165, 1.54) is 0 Å². The zero-order valence-corrected chi connectivity index (χ0v) is 12.3. The Balaban J connectivity index is 4.66. The van der Waals surface area contributed by atoms with Crippen LogP contribution in [0.3, 0.4) is 0 Å². The van der Waals surface area contributed by atoms with E-state index in [-0.39, 0.29) is 6.42 Å². The molecule has 6 nitrogen and oxygen atoms in total. The van der Waals surface area contributed by atoms with Crippen LogP contribution in [0, 0.1) is 5.41 Å². The molecule has 0 aliphatic heterocycles. The van der Waals surface area contributed by atoms with E-state index in [9.17, 15) is 27.9 Å². The average molecular weight is 314 g/mol. The standard InChI is InChI=1S/C12H21F3N2O4/c1-10(2,3)5-7(12(13,14)15)17-9(20)16-6-11(4,21)8(18)19/h7,21H,5-6H2,1-4H3,(H,18,19)(H2,16,17,20). The van der Waals surface area contributed by atoms with Gasteiger partial charge in [0.1, 0.15) is 6.04 Å². The Kier molecular flexibility index (Phi) is 6.04. The van der Waals surface area contributed by atoms with E-state index in [1.54, 1.807) is 26.1 Å². The van der Waals surface area contributed by atoms with Crippen molar-refractivity contribution in [2.75, 3.05) is 6.54 Å². The molecule has 0 bridgehead atoms. The molecule has 0 aliphatic carbocycles. The van der Waals surface area contributed by atoms with Gasteiger partial charge in [0, 0.05) is 0 Å². The third-order valence-electron chi connectivity index (χ3n) is 2.57. The number of carboxylic acid groups (broad SMARTS) is 1. The molecule has 2 atom stereocenters. The van der Waals surface area contributed by atoms with E-state index >= 15 is 0 Å². The van der Waals surface area contributed by atoms with Gasteiger partial charge >= 0.3 is 18.2 Å². The Morgan fingerprint density at radius 2 is 1.62 bits per heavy atom. The number of rotatable bonds is 5. The summed E-state index contributed by atoms with van der Waals surface area (Å²) in [7, 11) is 0. The lowest BCUT2D eigenvalue weighted by Crippen LogP contribution is -2.54. The highest BCUT2D eigenvalue weighted by Crippen LogP contribution is 2.30. The largest absolute Gasteiger partial charge is 0.479 e. The van der Waals surface area contributed by atoms with Crippen LogP contribution in [0.5, 0.6) is 0 Å². The van der Waals surface area contributed by atoms with Crippen LogP contribution in [-0.4, -0.2) is 46.6 Å². The van der Waals surface area contributed by atoms with E-state index in [2.05, 4.69) is 0 Å². The molecule has 0 rings (SSSR count). The summed E-state index contributed by atoms with van der Waals surface area (Å²) in [4.78, 5) is 22.0. The van der Waals surface area contributed by atoms with Gasteiger partial charge in [-0.2, -0.15) is 13.2 Å². The quantitative estimate of drug-likeness (QED) is 0.618. The Morgan fingerprint density at radius 1 is 1.14 bits per heavy atom. The van der Waals surface area contributed by atoms with Gasteiger partial charge in [0.2, 0.25) is 0 Å². The van der Waals surface area contributed by atoms with E-state index in [1.807, 2.05) is 5.32 Å². The predicted octanol–water partition coefficient (Wildman–Crippen LogP) is 1.49. The van der Waals surface area contributed by atoms with Crippen molar-refractivity contribution in [2.24, 2.45) is 5.41 Å². The van der Waals surface area contributed by atoms with Gasteiger partial charge in [-0.3, -0.25) is 0 Å². The van der Waals surface area contributed by atoms with E-state index in [4.69, 9.17) is 5.11 Å². The number of carbonyl (C=O) groups is 2. The lowest BCUT2D eigenvalue weighted by Gasteiger charge is -2.29. The van der Waals surface area contributed by atoms with Gasteiger partial charge in [-0.25, -0.2) is 9.59 Å². The van der Waals surface area contributed by atoms with Crippen LogP contribution in [-0.2, 0) is 4.79 Å². The van der Waals surface area contributed by atoms with Gasteiger partial charge in [0.15, 0.2) is 5.60 Å². The van der Waals surface area contributed by atoms with Crippen LogP contribution in [0.15, 0.2) is 0 Å². The molecule has 0 fully saturated rings. The summed E-state index contributed by atoms with van der Waals surface area (Å²) in [5.74, 6) is -1.59. The number of urea groups is 1. The number of aliphatic hydroxyl groups is 1. The highest BCUT2D eigenvalue weighted by atomic mass is 19.4. The lowest BCUT2D eigenvalue weighted by atomic mass is 9.88. The fourth-order valence-corrected chi connectivity index (χ4v) is 1.40. The average Bonchev–Trinajstić information content (AvgIpc) is 2.22. The molecule has 0 aromatic heterocycles. The minimum Gasteiger partial charge on any atom is -0.479 e. The summed E-state index contributed by atoms with van der Waals surface area (Å²) < 4.78 is 38.5. The van der Waals surface area contributed by atoms with E-state index in [0.29, 0.717) is 0 Å². The number of alkyl halides is 3. The molecule has 21 heavy (non-hydrogen) atoms. The van der Waals surface area contributed by atoms with Gasteiger partial charge in [-0.05, 0) is 18.8 Å². The van der Waals surface area contributed by atoms with Crippen molar-refractivity contribution in [3.63, 3.8) is 0 Å². The first-order valence-corrected chi connectivity index (χ1v) is 6.22. The maximum atomic E-state index is 12.8. The van der Waals surface area contributed by atoms with Crippen molar-refractivity contribution in [1.82, 2.24) is 10.6 Å². The van der Waals surface area contributed by atoms with Crippen molar-refractivity contribution in [3.05, 3.63) is 0 Å². The molecule has 0 radical (unpaired) electrons. The van der Waals surface area contributed by atoms with Gasteiger partial charge in [-0.15, -0.1) is 0 Å². The first-order chi connectivity index (χ1) is 9.15. The number of carbonyl (C=O) groups excluding carboxylic acids is 1. The topological polar surface area (TPSA) is 98.7 Å². The number of halogens is 3. The van der Waals surface area contributed by atoms with Crippen molar-refractivity contribution in [3.8, 4) is 0 Å². The predicted molar refractivity (Wildman–Crippen MR) is 68.7 cm³/mol. The third kappa shape index (κ3) is 7.74. The molecule has 4 N–H and O–H groups in total. The van der Waals surface area contributed by atoms with Crippen molar-refractivity contribution in [2.45, 2.75) is 51.9 Å². The molecule has 0 aliphatic rings. The lowest BCUT2D eigenvalue weighted by molar-refractivity contribution is -0.159. The molecule has 0 spiro atoms. The zero-order chi connectivity index (χ0) is 17.1. The molecule has 0 saturated carbocycles. The van der Waals surface area contributed by atoms with E-state index < -0.39 is 41.8 Å². The van der Waals surface area contributed by atoms with Crippen LogP contribution in [0.4, 0.5) is 18.0 Å². The Labute approximate surface area is 120 Å². The number of nitrogens with one attached hydrogen (secondary N) is 2. The fourth-order valence-electron chi connectivity index (χ4n) is 1.40. The van der Waals surface area contributed by atoms with Crippen LogP contribution >= 0.6 is 0 Å². The maximum Gasteiger partial charge on any atom is 0.408 e. The molecular weight excluding hydrogens is 293 g/mol. The minimum atomic E-state index is -4.63. The van der Waals surface area contributed by atoms with Gasteiger partial charge in [0.25, 0.3) is 0 Å². The second-order valence-corrected chi connectivity index (χ2v) is 6.27. The first kappa shape index (κ1) is 19.5. The highest BCUT2D eigenvalue weighted by Gasteiger charge is 2.43. The Morgan fingerprint density at radius 3 is 1.95 bits per heavy atom. The smallest absolute Gasteiger partial charge is 0.408 e. The van der Waals surface area contributed by atoms with Gasteiger partial charge in [0.05, 0.1) is 6.54 Å². The summed E-state index contributed by atoms with van der Waals surface area (Å²) in [6.45, 7) is 5.00. The fraction of sp³-hybridized carbons (Fsp3) is 0.833. The summed E-state index contributed by atoms with van der Waals surface area (Å²) in [5, 5.41) is 21.6. The number of hydrogen-bond donors (Lipinski definition) is 4. The molecular formula is C12H21F3N2O4. The number of aliphatic carboxylic acids is 1.